The molecule has 0 spiro atoms. The van der Waals surface area contributed by atoms with Crippen molar-refractivity contribution in [2.45, 2.75) is 33.7 Å². The van der Waals surface area contributed by atoms with Crippen LogP contribution in [0.25, 0.3) is 0 Å². The molecule has 0 unspecified atom stereocenters. The number of carboxylic acids is 1. The van der Waals surface area contributed by atoms with Crippen LogP contribution in [-0.2, 0) is 9.59 Å². The van der Waals surface area contributed by atoms with E-state index in [1.807, 2.05) is 0 Å². The summed E-state index contributed by atoms with van der Waals surface area (Å²) in [5.74, 6) is -1.90. The Morgan fingerprint density at radius 2 is 1.71 bits per heavy atom. The van der Waals surface area contributed by atoms with E-state index in [1.165, 1.54) is 13.0 Å². The Morgan fingerprint density at radius 3 is 2.24 bits per heavy atom. The molecule has 0 bridgehead atoms. The van der Waals surface area contributed by atoms with E-state index in [2.05, 4.69) is 10.6 Å². The second-order valence-corrected chi connectivity index (χ2v) is 5.78. The van der Waals surface area contributed by atoms with Crippen LogP contribution in [0.2, 0.25) is 0 Å². The molecule has 0 radical (unpaired) electrons. The molecule has 2 amide bonds. The molecule has 1 atom stereocenters. The first-order valence-electron chi connectivity index (χ1n) is 6.57. The first-order valence-corrected chi connectivity index (χ1v) is 6.57. The summed E-state index contributed by atoms with van der Waals surface area (Å²) in [5, 5.41) is 13.9. The van der Waals surface area contributed by atoms with Gasteiger partial charge in [-0.25, -0.2) is 0 Å². The number of carbonyl (C=O) groups excluding carboxylic acids is 2. The maximum atomic E-state index is 12.1. The Balaban J connectivity index is 2.97. The normalized spacial score (nSPS) is 12.4. The quantitative estimate of drug-likeness (QED) is 0.789. The van der Waals surface area contributed by atoms with Gasteiger partial charge >= 0.3 is 5.97 Å². The maximum absolute atomic E-state index is 12.1. The highest BCUT2D eigenvalue weighted by molar-refractivity contribution is 6.05. The number of benzene rings is 1. The molecular formula is C15H20N2O4. The molecule has 6 heteroatoms. The van der Waals surface area contributed by atoms with Gasteiger partial charge < -0.3 is 15.7 Å². The molecule has 21 heavy (non-hydrogen) atoms. The second-order valence-electron chi connectivity index (χ2n) is 5.78. The van der Waals surface area contributed by atoms with E-state index >= 15 is 0 Å². The van der Waals surface area contributed by atoms with Gasteiger partial charge in [0.1, 0.15) is 6.04 Å². The lowest BCUT2D eigenvalue weighted by atomic mass is 9.95. The van der Waals surface area contributed by atoms with Gasteiger partial charge in [0.2, 0.25) is 5.91 Å². The molecule has 6 nitrogen and oxygen atoms in total. The zero-order chi connectivity index (χ0) is 16.2. The molecule has 0 saturated carbocycles. The number of carbonyl (C=O) groups is 3. The molecular weight excluding hydrogens is 272 g/mol. The van der Waals surface area contributed by atoms with Crippen molar-refractivity contribution in [2.24, 2.45) is 5.41 Å². The zero-order valence-electron chi connectivity index (χ0n) is 12.6. The molecule has 0 heterocycles. The number of amides is 2. The largest absolute Gasteiger partial charge is 0.480 e. The van der Waals surface area contributed by atoms with E-state index in [1.54, 1.807) is 39.0 Å². The average molecular weight is 292 g/mol. The highest BCUT2D eigenvalue weighted by atomic mass is 16.4. The SMILES string of the molecule is C[C@H](NC(=O)c1ccccc1NC(=O)C(C)(C)C)C(=O)O. The summed E-state index contributed by atoms with van der Waals surface area (Å²) < 4.78 is 0. The summed E-state index contributed by atoms with van der Waals surface area (Å²) in [5.41, 5.74) is -0.0199. The Morgan fingerprint density at radius 1 is 1.14 bits per heavy atom. The predicted molar refractivity (Wildman–Crippen MR) is 79.1 cm³/mol. The molecule has 1 aromatic rings. The molecule has 0 fully saturated rings. The van der Waals surface area contributed by atoms with Crippen molar-refractivity contribution in [1.82, 2.24) is 5.32 Å². The molecule has 114 valence electrons. The van der Waals surface area contributed by atoms with Gasteiger partial charge in [0, 0.05) is 5.41 Å². The van der Waals surface area contributed by atoms with Crippen LogP contribution in [-0.4, -0.2) is 28.9 Å². The number of anilines is 1. The number of rotatable bonds is 4. The van der Waals surface area contributed by atoms with E-state index in [0.29, 0.717) is 5.69 Å². The van der Waals surface area contributed by atoms with Crippen LogP contribution in [0.1, 0.15) is 38.1 Å². The molecule has 0 aliphatic carbocycles. The minimum atomic E-state index is -1.13. The van der Waals surface area contributed by atoms with E-state index in [0.717, 1.165) is 0 Å². The number of para-hydroxylation sites is 1. The van der Waals surface area contributed by atoms with Crippen molar-refractivity contribution in [3.8, 4) is 0 Å². The van der Waals surface area contributed by atoms with Crippen molar-refractivity contribution in [3.05, 3.63) is 29.8 Å². The second kappa shape index (κ2) is 6.39. The van der Waals surface area contributed by atoms with Crippen LogP contribution in [0, 0.1) is 5.41 Å². The third-order valence-corrected chi connectivity index (χ3v) is 2.82. The van der Waals surface area contributed by atoms with Crippen molar-refractivity contribution in [1.29, 1.82) is 0 Å². The van der Waals surface area contributed by atoms with E-state index in [-0.39, 0.29) is 11.5 Å². The van der Waals surface area contributed by atoms with Crippen LogP contribution in [0.5, 0.6) is 0 Å². The standard InChI is InChI=1S/C15H20N2O4/c1-9(13(19)20)16-12(18)10-7-5-6-8-11(10)17-14(21)15(2,3)4/h5-9H,1-4H3,(H,16,18)(H,17,21)(H,19,20)/t9-/m0/s1. The molecule has 3 N–H and O–H groups in total. The van der Waals surface area contributed by atoms with E-state index < -0.39 is 23.3 Å². The number of aliphatic carboxylic acids is 1. The molecule has 0 saturated heterocycles. The minimum Gasteiger partial charge on any atom is -0.480 e. The van der Waals surface area contributed by atoms with Crippen LogP contribution < -0.4 is 10.6 Å². The summed E-state index contributed by atoms with van der Waals surface area (Å²) in [6.07, 6.45) is 0. The van der Waals surface area contributed by atoms with Gasteiger partial charge in [-0.2, -0.15) is 0 Å². The zero-order valence-corrected chi connectivity index (χ0v) is 12.6. The van der Waals surface area contributed by atoms with Crippen LogP contribution in [0.4, 0.5) is 5.69 Å². The molecule has 0 aromatic heterocycles. The van der Waals surface area contributed by atoms with E-state index in [9.17, 15) is 14.4 Å². The smallest absolute Gasteiger partial charge is 0.325 e. The average Bonchev–Trinajstić information content (AvgIpc) is 2.37. The van der Waals surface area contributed by atoms with Gasteiger partial charge in [-0.1, -0.05) is 32.9 Å². The van der Waals surface area contributed by atoms with Crippen molar-refractivity contribution in [2.75, 3.05) is 5.32 Å². The number of hydrogen-bond acceptors (Lipinski definition) is 3. The fourth-order valence-corrected chi connectivity index (χ4v) is 1.44. The third kappa shape index (κ3) is 4.59. The lowest BCUT2D eigenvalue weighted by Gasteiger charge is -2.19. The van der Waals surface area contributed by atoms with Gasteiger partial charge in [-0.05, 0) is 19.1 Å². The molecule has 0 aliphatic heterocycles. The summed E-state index contributed by atoms with van der Waals surface area (Å²) in [6, 6.07) is 5.46. The number of hydrogen-bond donors (Lipinski definition) is 3. The summed E-state index contributed by atoms with van der Waals surface area (Å²) in [4.78, 5) is 34.9. The maximum Gasteiger partial charge on any atom is 0.325 e. The number of carboxylic acid groups (broad SMARTS) is 1. The minimum absolute atomic E-state index is 0.225. The number of nitrogens with one attached hydrogen (secondary N) is 2. The Hall–Kier alpha value is -2.37. The van der Waals surface area contributed by atoms with Crippen molar-refractivity contribution >= 4 is 23.5 Å². The fraction of sp³-hybridized carbons (Fsp3) is 0.400. The monoisotopic (exact) mass is 292 g/mol. The summed E-state index contributed by atoms with van der Waals surface area (Å²) in [6.45, 7) is 6.66. The fourth-order valence-electron chi connectivity index (χ4n) is 1.44. The topological polar surface area (TPSA) is 95.5 Å². The van der Waals surface area contributed by atoms with Gasteiger partial charge in [0.15, 0.2) is 0 Å². The summed E-state index contributed by atoms with van der Waals surface area (Å²) in [7, 11) is 0. The highest BCUT2D eigenvalue weighted by Crippen LogP contribution is 2.20. The summed E-state index contributed by atoms with van der Waals surface area (Å²) >= 11 is 0. The molecule has 1 aromatic carbocycles. The predicted octanol–water partition coefficient (Wildman–Crippen LogP) is 1.87. The van der Waals surface area contributed by atoms with Crippen molar-refractivity contribution < 1.29 is 19.5 Å². The Kier molecular flexibility index (Phi) is 5.07. The Bertz CT molecular complexity index is 561. The van der Waals surface area contributed by atoms with E-state index in [4.69, 9.17) is 5.11 Å². The van der Waals surface area contributed by atoms with Gasteiger partial charge in [0.25, 0.3) is 5.91 Å². The third-order valence-electron chi connectivity index (χ3n) is 2.82. The van der Waals surface area contributed by atoms with Crippen LogP contribution in [0.3, 0.4) is 0 Å². The van der Waals surface area contributed by atoms with Gasteiger partial charge in [0.05, 0.1) is 11.3 Å². The lowest BCUT2D eigenvalue weighted by Crippen LogP contribution is -2.39. The van der Waals surface area contributed by atoms with Crippen LogP contribution in [0.15, 0.2) is 24.3 Å². The van der Waals surface area contributed by atoms with Gasteiger partial charge in [-0.3, -0.25) is 14.4 Å². The van der Waals surface area contributed by atoms with Crippen molar-refractivity contribution in [3.63, 3.8) is 0 Å². The molecule has 1 rings (SSSR count). The molecule has 0 aliphatic rings. The lowest BCUT2D eigenvalue weighted by molar-refractivity contribution is -0.138. The highest BCUT2D eigenvalue weighted by Gasteiger charge is 2.23. The first-order chi connectivity index (χ1) is 9.62. The van der Waals surface area contributed by atoms with Crippen LogP contribution >= 0.6 is 0 Å². The van der Waals surface area contributed by atoms with Gasteiger partial charge in [-0.15, -0.1) is 0 Å². The Labute approximate surface area is 123 Å². The first kappa shape index (κ1) is 16.7.